The molecule has 2 aromatic carbocycles. The number of nitrogens with zero attached hydrogens (tertiary/aromatic N) is 1. The molecule has 0 unspecified atom stereocenters. The van der Waals surface area contributed by atoms with Gasteiger partial charge in [-0.3, -0.25) is 9.59 Å². The number of carbonyl (C=O) groups is 2. The van der Waals surface area contributed by atoms with Gasteiger partial charge in [-0.2, -0.15) is 5.10 Å². The van der Waals surface area contributed by atoms with Gasteiger partial charge in [-0.1, -0.05) is 12.1 Å². The summed E-state index contributed by atoms with van der Waals surface area (Å²) < 4.78 is 0. The van der Waals surface area contributed by atoms with Crippen LogP contribution in [0.25, 0.3) is 0 Å². The third-order valence-electron chi connectivity index (χ3n) is 2.78. The number of anilines is 2. The number of hydrazone groups is 1. The van der Waals surface area contributed by atoms with E-state index in [9.17, 15) is 9.59 Å². The molecule has 2 amide bonds. The second kappa shape index (κ2) is 7.03. The maximum atomic E-state index is 11.8. The number of amides is 2. The van der Waals surface area contributed by atoms with Gasteiger partial charge in [-0.05, 0) is 42.0 Å². The van der Waals surface area contributed by atoms with Crippen molar-refractivity contribution in [2.75, 3.05) is 11.1 Å². The van der Waals surface area contributed by atoms with E-state index in [2.05, 4.69) is 15.8 Å². The minimum absolute atomic E-state index is 0.128. The number of rotatable bonds is 4. The van der Waals surface area contributed by atoms with Gasteiger partial charge in [0, 0.05) is 23.9 Å². The van der Waals surface area contributed by atoms with Gasteiger partial charge in [0.15, 0.2) is 0 Å². The predicted octanol–water partition coefficient (Wildman–Crippen LogP) is 1.99. The summed E-state index contributed by atoms with van der Waals surface area (Å²) in [6, 6.07) is 13.6. The average molecular weight is 296 g/mol. The minimum atomic E-state index is -0.314. The van der Waals surface area contributed by atoms with Gasteiger partial charge < -0.3 is 11.1 Å². The molecular weight excluding hydrogens is 280 g/mol. The SMILES string of the molecule is CC(=O)Nc1ccc(/C=N\NC(=O)c2ccc(N)cc2)cc1. The standard InChI is InChI=1S/C16H16N4O2/c1-11(21)19-15-8-2-12(3-9-15)10-18-20-16(22)13-4-6-14(17)7-5-13/h2-10H,17H2,1H3,(H,19,21)(H,20,22)/b18-10-. The molecule has 0 heterocycles. The van der Waals surface area contributed by atoms with Crippen molar-refractivity contribution in [1.82, 2.24) is 5.43 Å². The molecule has 0 aliphatic heterocycles. The number of hydrogen-bond acceptors (Lipinski definition) is 4. The quantitative estimate of drug-likeness (QED) is 0.457. The van der Waals surface area contributed by atoms with Crippen molar-refractivity contribution >= 4 is 29.4 Å². The van der Waals surface area contributed by atoms with Crippen LogP contribution in [0.3, 0.4) is 0 Å². The lowest BCUT2D eigenvalue weighted by atomic mass is 10.2. The van der Waals surface area contributed by atoms with E-state index in [0.717, 1.165) is 5.56 Å². The van der Waals surface area contributed by atoms with Gasteiger partial charge in [-0.15, -0.1) is 0 Å². The number of carbonyl (C=O) groups excluding carboxylic acids is 2. The van der Waals surface area contributed by atoms with Crippen LogP contribution in [-0.4, -0.2) is 18.0 Å². The van der Waals surface area contributed by atoms with Crippen LogP contribution >= 0.6 is 0 Å². The fourth-order valence-corrected chi connectivity index (χ4v) is 1.72. The highest BCUT2D eigenvalue weighted by Gasteiger charge is 2.02. The number of benzene rings is 2. The van der Waals surface area contributed by atoms with Crippen LogP contribution in [0, 0.1) is 0 Å². The first-order valence-electron chi connectivity index (χ1n) is 6.61. The highest BCUT2D eigenvalue weighted by Crippen LogP contribution is 2.08. The molecule has 22 heavy (non-hydrogen) atoms. The van der Waals surface area contributed by atoms with E-state index >= 15 is 0 Å². The monoisotopic (exact) mass is 296 g/mol. The van der Waals surface area contributed by atoms with Gasteiger partial charge >= 0.3 is 0 Å². The molecule has 0 atom stereocenters. The molecule has 0 radical (unpaired) electrons. The molecule has 2 rings (SSSR count). The summed E-state index contributed by atoms with van der Waals surface area (Å²) in [4.78, 5) is 22.7. The highest BCUT2D eigenvalue weighted by atomic mass is 16.2. The lowest BCUT2D eigenvalue weighted by Crippen LogP contribution is -2.17. The van der Waals surface area contributed by atoms with Crippen molar-refractivity contribution in [2.24, 2.45) is 5.10 Å². The molecule has 0 bridgehead atoms. The molecule has 0 fully saturated rings. The maximum Gasteiger partial charge on any atom is 0.271 e. The number of hydrogen-bond donors (Lipinski definition) is 3. The topological polar surface area (TPSA) is 96.6 Å². The van der Waals surface area contributed by atoms with Crippen molar-refractivity contribution in [3.63, 3.8) is 0 Å². The Morgan fingerprint density at radius 3 is 2.27 bits per heavy atom. The molecule has 6 nitrogen and oxygen atoms in total. The molecule has 0 aromatic heterocycles. The van der Waals surface area contributed by atoms with Crippen LogP contribution < -0.4 is 16.5 Å². The molecule has 0 aliphatic rings. The second-order valence-corrected chi connectivity index (χ2v) is 4.62. The summed E-state index contributed by atoms with van der Waals surface area (Å²) in [5.74, 6) is -0.441. The number of nitrogens with one attached hydrogen (secondary N) is 2. The molecule has 0 saturated carbocycles. The summed E-state index contributed by atoms with van der Waals surface area (Å²) in [5, 5.41) is 6.56. The van der Waals surface area contributed by atoms with Crippen LogP contribution in [0.15, 0.2) is 53.6 Å². The Morgan fingerprint density at radius 1 is 1.05 bits per heavy atom. The Labute approximate surface area is 128 Å². The first-order valence-corrected chi connectivity index (χ1v) is 6.61. The van der Waals surface area contributed by atoms with E-state index in [4.69, 9.17) is 5.73 Å². The zero-order chi connectivity index (χ0) is 15.9. The minimum Gasteiger partial charge on any atom is -0.399 e. The molecule has 2 aromatic rings. The van der Waals surface area contributed by atoms with Crippen molar-refractivity contribution in [1.29, 1.82) is 0 Å². The molecule has 4 N–H and O–H groups in total. The van der Waals surface area contributed by atoms with Crippen LogP contribution in [0.5, 0.6) is 0 Å². The largest absolute Gasteiger partial charge is 0.399 e. The van der Waals surface area contributed by atoms with E-state index in [1.54, 1.807) is 48.5 Å². The van der Waals surface area contributed by atoms with Crippen molar-refractivity contribution < 1.29 is 9.59 Å². The normalized spacial score (nSPS) is 10.4. The fraction of sp³-hybridized carbons (Fsp3) is 0.0625. The van der Waals surface area contributed by atoms with Gasteiger partial charge in [-0.25, -0.2) is 5.43 Å². The molecular formula is C16H16N4O2. The van der Waals surface area contributed by atoms with Crippen molar-refractivity contribution in [3.8, 4) is 0 Å². The van der Waals surface area contributed by atoms with Crippen LogP contribution in [0.2, 0.25) is 0 Å². The average Bonchev–Trinajstić information content (AvgIpc) is 2.49. The van der Waals surface area contributed by atoms with E-state index in [-0.39, 0.29) is 11.8 Å². The zero-order valence-electron chi connectivity index (χ0n) is 12.0. The van der Waals surface area contributed by atoms with Crippen molar-refractivity contribution in [2.45, 2.75) is 6.92 Å². The molecule has 0 spiro atoms. The highest BCUT2D eigenvalue weighted by molar-refractivity contribution is 5.95. The Hall–Kier alpha value is -3.15. The van der Waals surface area contributed by atoms with Crippen molar-refractivity contribution in [3.05, 3.63) is 59.7 Å². The summed E-state index contributed by atoms with van der Waals surface area (Å²) in [7, 11) is 0. The predicted molar refractivity (Wildman–Crippen MR) is 86.7 cm³/mol. The van der Waals surface area contributed by atoms with Crippen LogP contribution in [0.1, 0.15) is 22.8 Å². The molecule has 0 saturated heterocycles. The molecule has 112 valence electrons. The Balaban J connectivity index is 1.93. The van der Waals surface area contributed by atoms with E-state index in [1.807, 2.05) is 0 Å². The lowest BCUT2D eigenvalue weighted by Gasteiger charge is -2.02. The second-order valence-electron chi connectivity index (χ2n) is 4.62. The molecule has 0 aliphatic carbocycles. The Bertz CT molecular complexity index is 691. The van der Waals surface area contributed by atoms with E-state index in [1.165, 1.54) is 13.1 Å². The smallest absolute Gasteiger partial charge is 0.271 e. The van der Waals surface area contributed by atoms with Gasteiger partial charge in [0.1, 0.15) is 0 Å². The maximum absolute atomic E-state index is 11.8. The van der Waals surface area contributed by atoms with E-state index in [0.29, 0.717) is 16.9 Å². The summed E-state index contributed by atoms with van der Waals surface area (Å²) in [6.07, 6.45) is 1.52. The Morgan fingerprint density at radius 2 is 1.68 bits per heavy atom. The first kappa shape index (κ1) is 15.2. The van der Waals surface area contributed by atoms with Gasteiger partial charge in [0.25, 0.3) is 5.91 Å². The summed E-state index contributed by atoms with van der Waals surface area (Å²) in [6.45, 7) is 1.45. The summed E-state index contributed by atoms with van der Waals surface area (Å²) >= 11 is 0. The van der Waals surface area contributed by atoms with Gasteiger partial charge in [0.05, 0.1) is 6.21 Å². The Kier molecular flexibility index (Phi) is 4.87. The number of nitrogen functional groups attached to an aromatic ring is 1. The van der Waals surface area contributed by atoms with Gasteiger partial charge in [0.2, 0.25) is 5.91 Å². The van der Waals surface area contributed by atoms with Crippen LogP contribution in [-0.2, 0) is 4.79 Å². The third kappa shape index (κ3) is 4.45. The van der Waals surface area contributed by atoms with E-state index < -0.39 is 0 Å². The summed E-state index contributed by atoms with van der Waals surface area (Å²) in [5.41, 5.74) is 10.6. The third-order valence-corrected chi connectivity index (χ3v) is 2.78. The zero-order valence-corrected chi connectivity index (χ0v) is 12.0. The number of nitrogens with two attached hydrogens (primary N) is 1. The first-order chi connectivity index (χ1) is 10.5. The van der Waals surface area contributed by atoms with Crippen LogP contribution in [0.4, 0.5) is 11.4 Å². The molecule has 6 heteroatoms. The lowest BCUT2D eigenvalue weighted by molar-refractivity contribution is -0.114. The fourth-order valence-electron chi connectivity index (χ4n) is 1.72.